The van der Waals surface area contributed by atoms with Gasteiger partial charge in [-0.2, -0.15) is 0 Å². The van der Waals surface area contributed by atoms with Crippen LogP contribution in [0.1, 0.15) is 24.3 Å². The van der Waals surface area contributed by atoms with E-state index in [2.05, 4.69) is 4.98 Å². The number of halogens is 2. The van der Waals surface area contributed by atoms with Crippen molar-refractivity contribution in [1.29, 1.82) is 0 Å². The van der Waals surface area contributed by atoms with E-state index in [-0.39, 0.29) is 22.1 Å². The maximum atomic E-state index is 13.2. The Bertz CT molecular complexity index is 612. The fraction of sp³-hybridized carbons (Fsp3) is 0.231. The fourth-order valence-electron chi connectivity index (χ4n) is 1.53. The molecule has 2 rings (SSSR count). The largest absolute Gasteiger partial charge is 0.458 e. The van der Waals surface area contributed by atoms with E-state index < -0.39 is 5.97 Å². The molecule has 1 aromatic heterocycles. The first-order valence-corrected chi connectivity index (χ1v) is 6.80. The molecule has 6 heteroatoms. The summed E-state index contributed by atoms with van der Waals surface area (Å²) in [4.78, 5) is 16.4. The van der Waals surface area contributed by atoms with E-state index in [0.717, 1.165) is 11.3 Å². The summed E-state index contributed by atoms with van der Waals surface area (Å²) in [5.74, 6) is -0.942. The molecule has 0 unspecified atom stereocenters. The maximum Gasteiger partial charge on any atom is 0.358 e. The highest BCUT2D eigenvalue weighted by atomic mass is 35.5. The lowest BCUT2D eigenvalue weighted by Gasteiger charge is -2.07. The van der Waals surface area contributed by atoms with Gasteiger partial charge in [-0.15, -0.1) is 11.3 Å². The molecule has 2 aromatic rings. The minimum atomic E-state index is -0.558. The number of carbonyl (C=O) groups is 1. The second-order valence-electron chi connectivity index (χ2n) is 4.11. The number of hydrogen-bond acceptors (Lipinski definition) is 4. The molecule has 0 aliphatic rings. The quantitative estimate of drug-likeness (QED) is 0.799. The van der Waals surface area contributed by atoms with Gasteiger partial charge in [0.25, 0.3) is 0 Å². The molecule has 100 valence electrons. The number of ether oxygens (including phenoxy) is 1. The molecule has 0 spiro atoms. The average molecular weight is 300 g/mol. The van der Waals surface area contributed by atoms with Crippen molar-refractivity contribution in [3.8, 4) is 10.4 Å². The summed E-state index contributed by atoms with van der Waals surface area (Å²) in [5, 5.41) is 0. The van der Waals surface area contributed by atoms with E-state index >= 15 is 0 Å². The zero-order valence-electron chi connectivity index (χ0n) is 10.3. The monoisotopic (exact) mass is 299 g/mol. The van der Waals surface area contributed by atoms with Crippen molar-refractivity contribution in [1.82, 2.24) is 4.98 Å². The van der Waals surface area contributed by atoms with Crippen LogP contribution in [0.2, 0.25) is 4.47 Å². The average Bonchev–Trinajstić information content (AvgIpc) is 2.70. The van der Waals surface area contributed by atoms with Crippen molar-refractivity contribution in [3.63, 3.8) is 0 Å². The summed E-state index contributed by atoms with van der Waals surface area (Å²) in [6.45, 7) is 3.49. The molecule has 1 heterocycles. The Kier molecular flexibility index (Phi) is 4.17. The molecule has 0 aliphatic carbocycles. The summed E-state index contributed by atoms with van der Waals surface area (Å²) in [7, 11) is 0. The first-order chi connectivity index (χ1) is 8.97. The molecule has 0 bridgehead atoms. The van der Waals surface area contributed by atoms with Crippen LogP contribution < -0.4 is 0 Å². The predicted octanol–water partition coefficient (Wildman–Crippen LogP) is 4.17. The van der Waals surface area contributed by atoms with Gasteiger partial charge in [0.1, 0.15) is 5.82 Å². The normalized spacial score (nSPS) is 10.8. The van der Waals surface area contributed by atoms with Crippen LogP contribution in [0.25, 0.3) is 10.4 Å². The topological polar surface area (TPSA) is 39.2 Å². The van der Waals surface area contributed by atoms with Gasteiger partial charge in [0.2, 0.25) is 0 Å². The Labute approximate surface area is 119 Å². The number of rotatable bonds is 3. The van der Waals surface area contributed by atoms with Crippen molar-refractivity contribution in [2.75, 3.05) is 0 Å². The smallest absolute Gasteiger partial charge is 0.358 e. The van der Waals surface area contributed by atoms with Crippen LogP contribution >= 0.6 is 22.9 Å². The first-order valence-electron chi connectivity index (χ1n) is 5.60. The number of esters is 1. The second kappa shape index (κ2) is 5.67. The van der Waals surface area contributed by atoms with Gasteiger partial charge >= 0.3 is 5.97 Å². The van der Waals surface area contributed by atoms with Gasteiger partial charge in [0, 0.05) is 0 Å². The SMILES string of the molecule is CC(C)OC(=O)c1nc(Cl)sc1-c1cccc(F)c1. The molecule has 19 heavy (non-hydrogen) atoms. The fourth-order valence-corrected chi connectivity index (χ4v) is 2.62. The summed E-state index contributed by atoms with van der Waals surface area (Å²) in [5.41, 5.74) is 0.675. The van der Waals surface area contributed by atoms with Gasteiger partial charge < -0.3 is 4.74 Å². The van der Waals surface area contributed by atoms with Crippen molar-refractivity contribution < 1.29 is 13.9 Å². The first kappa shape index (κ1) is 14.0. The van der Waals surface area contributed by atoms with Gasteiger partial charge in [-0.3, -0.25) is 0 Å². The summed E-state index contributed by atoms with van der Waals surface area (Å²) < 4.78 is 18.5. The minimum Gasteiger partial charge on any atom is -0.458 e. The predicted molar refractivity (Wildman–Crippen MR) is 73.1 cm³/mol. The maximum absolute atomic E-state index is 13.2. The Balaban J connectivity index is 2.44. The summed E-state index contributed by atoms with van der Waals surface area (Å²) in [6, 6.07) is 5.92. The number of carbonyl (C=O) groups excluding carboxylic acids is 1. The zero-order valence-corrected chi connectivity index (χ0v) is 11.9. The minimum absolute atomic E-state index is 0.120. The van der Waals surface area contributed by atoms with Crippen molar-refractivity contribution in [2.45, 2.75) is 20.0 Å². The van der Waals surface area contributed by atoms with Crippen LogP contribution in [0.3, 0.4) is 0 Å². The van der Waals surface area contributed by atoms with Crippen molar-refractivity contribution >= 4 is 28.9 Å². The molecule has 0 atom stereocenters. The second-order valence-corrected chi connectivity index (χ2v) is 5.69. The van der Waals surface area contributed by atoms with Crippen LogP contribution in [0.5, 0.6) is 0 Å². The highest BCUT2D eigenvalue weighted by Gasteiger charge is 2.21. The third-order valence-corrected chi connectivity index (χ3v) is 3.43. The van der Waals surface area contributed by atoms with Crippen molar-refractivity contribution in [3.05, 3.63) is 40.2 Å². The van der Waals surface area contributed by atoms with Gasteiger partial charge in [0.05, 0.1) is 11.0 Å². The molecule has 0 saturated heterocycles. The molecule has 0 aliphatic heterocycles. The molecular formula is C13H11ClFNO2S. The molecule has 0 N–H and O–H groups in total. The summed E-state index contributed by atoms with van der Waals surface area (Å²) >= 11 is 6.96. The van der Waals surface area contributed by atoms with E-state index in [1.807, 2.05) is 0 Å². The van der Waals surface area contributed by atoms with Crippen molar-refractivity contribution in [2.24, 2.45) is 0 Å². The van der Waals surface area contributed by atoms with Gasteiger partial charge in [-0.1, -0.05) is 23.7 Å². The molecule has 0 amide bonds. The standard InChI is InChI=1S/C13H11ClFNO2S/c1-7(2)18-12(17)10-11(19-13(14)16-10)8-4-3-5-9(15)6-8/h3-7H,1-2H3. The van der Waals surface area contributed by atoms with E-state index in [0.29, 0.717) is 10.4 Å². The number of benzene rings is 1. The Hall–Kier alpha value is -1.46. The lowest BCUT2D eigenvalue weighted by atomic mass is 10.1. The highest BCUT2D eigenvalue weighted by Crippen LogP contribution is 2.33. The lowest BCUT2D eigenvalue weighted by Crippen LogP contribution is -2.12. The number of nitrogens with zero attached hydrogens (tertiary/aromatic N) is 1. The third-order valence-electron chi connectivity index (χ3n) is 2.22. The number of thiazole rings is 1. The third kappa shape index (κ3) is 3.30. The Morgan fingerprint density at radius 1 is 1.47 bits per heavy atom. The molecular weight excluding hydrogens is 289 g/mol. The van der Waals surface area contributed by atoms with Crippen LogP contribution in [0, 0.1) is 5.82 Å². The van der Waals surface area contributed by atoms with Gasteiger partial charge in [-0.05, 0) is 31.5 Å². The van der Waals surface area contributed by atoms with Gasteiger partial charge in [0.15, 0.2) is 10.2 Å². The highest BCUT2D eigenvalue weighted by molar-refractivity contribution is 7.19. The van der Waals surface area contributed by atoms with Crippen LogP contribution in [0.15, 0.2) is 24.3 Å². The Morgan fingerprint density at radius 3 is 2.84 bits per heavy atom. The van der Waals surface area contributed by atoms with E-state index in [1.165, 1.54) is 12.1 Å². The molecule has 0 fully saturated rings. The van der Waals surface area contributed by atoms with E-state index in [4.69, 9.17) is 16.3 Å². The summed E-state index contributed by atoms with van der Waals surface area (Å²) in [6.07, 6.45) is -0.256. The zero-order chi connectivity index (χ0) is 14.0. The number of hydrogen-bond donors (Lipinski definition) is 0. The molecule has 0 radical (unpaired) electrons. The lowest BCUT2D eigenvalue weighted by molar-refractivity contribution is 0.0373. The molecule has 0 saturated carbocycles. The van der Waals surface area contributed by atoms with Crippen LogP contribution in [-0.2, 0) is 4.74 Å². The van der Waals surface area contributed by atoms with Crippen LogP contribution in [-0.4, -0.2) is 17.1 Å². The van der Waals surface area contributed by atoms with E-state index in [9.17, 15) is 9.18 Å². The van der Waals surface area contributed by atoms with Gasteiger partial charge in [-0.25, -0.2) is 14.2 Å². The Morgan fingerprint density at radius 2 is 2.21 bits per heavy atom. The number of aromatic nitrogens is 1. The molecule has 1 aromatic carbocycles. The van der Waals surface area contributed by atoms with E-state index in [1.54, 1.807) is 26.0 Å². The van der Waals surface area contributed by atoms with Crippen LogP contribution in [0.4, 0.5) is 4.39 Å². The molecule has 3 nitrogen and oxygen atoms in total.